The Morgan fingerprint density at radius 3 is 3.00 bits per heavy atom. The number of aryl methyl sites for hydroxylation is 1. The Morgan fingerprint density at radius 2 is 2.40 bits per heavy atom. The van der Waals surface area contributed by atoms with Crippen LogP contribution in [-0.2, 0) is 21.5 Å². The van der Waals surface area contributed by atoms with Crippen LogP contribution in [0.15, 0.2) is 6.20 Å². The number of rotatable bonds is 5. The third-order valence-corrected chi connectivity index (χ3v) is 5.58. The fourth-order valence-corrected chi connectivity index (χ4v) is 4.16. The van der Waals surface area contributed by atoms with E-state index in [4.69, 9.17) is 5.11 Å². The molecular formula is C11H17N3O4S2. The molecule has 7 nitrogen and oxygen atoms in total. The van der Waals surface area contributed by atoms with Gasteiger partial charge in [-0.25, -0.2) is 4.98 Å². The quantitative estimate of drug-likeness (QED) is 0.827. The summed E-state index contributed by atoms with van der Waals surface area (Å²) in [4.78, 5) is 16.1. The summed E-state index contributed by atoms with van der Waals surface area (Å²) in [6.45, 7) is 2.42. The van der Waals surface area contributed by atoms with Crippen LogP contribution in [0.2, 0.25) is 0 Å². The number of thiazole rings is 1. The Balaban J connectivity index is 1.97. The third kappa shape index (κ3) is 3.75. The van der Waals surface area contributed by atoms with Gasteiger partial charge in [-0.1, -0.05) is 0 Å². The standard InChI is InChI=1S/C11H17N3O4S2/c1-8-5-12-10(19-8)6-13-20(17,18)14-4-2-3-9(7-14)11(15)16/h5,9,13H,2-4,6-7H2,1H3,(H,15,16). The van der Waals surface area contributed by atoms with Crippen molar-refractivity contribution in [2.24, 2.45) is 5.92 Å². The second-order valence-electron chi connectivity index (χ2n) is 4.73. The Morgan fingerprint density at radius 1 is 1.65 bits per heavy atom. The van der Waals surface area contributed by atoms with Crippen molar-refractivity contribution in [2.75, 3.05) is 13.1 Å². The lowest BCUT2D eigenvalue weighted by Crippen LogP contribution is -2.47. The van der Waals surface area contributed by atoms with Gasteiger partial charge in [0.25, 0.3) is 10.2 Å². The molecule has 0 radical (unpaired) electrons. The van der Waals surface area contributed by atoms with Crippen molar-refractivity contribution in [1.82, 2.24) is 14.0 Å². The molecular weight excluding hydrogens is 302 g/mol. The number of nitrogens with one attached hydrogen (secondary N) is 1. The lowest BCUT2D eigenvalue weighted by Gasteiger charge is -2.29. The number of hydrogen-bond acceptors (Lipinski definition) is 5. The third-order valence-electron chi connectivity index (χ3n) is 3.15. The van der Waals surface area contributed by atoms with E-state index in [0.717, 1.165) is 4.88 Å². The van der Waals surface area contributed by atoms with E-state index in [2.05, 4.69) is 9.71 Å². The molecule has 0 spiro atoms. The van der Waals surface area contributed by atoms with Crippen molar-refractivity contribution in [2.45, 2.75) is 26.3 Å². The Kier molecular flexibility index (Phi) is 4.74. The molecule has 1 saturated heterocycles. The number of carbonyl (C=O) groups is 1. The Bertz CT molecular complexity index is 584. The molecule has 0 amide bonds. The first-order valence-corrected chi connectivity index (χ1v) is 8.53. The van der Waals surface area contributed by atoms with E-state index in [1.54, 1.807) is 6.20 Å². The fourth-order valence-electron chi connectivity index (χ4n) is 2.09. The van der Waals surface area contributed by atoms with E-state index in [-0.39, 0.29) is 13.1 Å². The number of carboxylic acid groups (broad SMARTS) is 1. The number of aliphatic carboxylic acids is 1. The van der Waals surface area contributed by atoms with Gasteiger partial charge in [0, 0.05) is 24.2 Å². The van der Waals surface area contributed by atoms with E-state index in [1.165, 1.54) is 15.6 Å². The van der Waals surface area contributed by atoms with E-state index in [1.807, 2.05) is 6.92 Å². The molecule has 1 aromatic heterocycles. The average molecular weight is 319 g/mol. The number of aromatic nitrogens is 1. The highest BCUT2D eigenvalue weighted by atomic mass is 32.2. The zero-order chi connectivity index (χ0) is 14.8. The maximum absolute atomic E-state index is 12.1. The highest BCUT2D eigenvalue weighted by molar-refractivity contribution is 7.87. The largest absolute Gasteiger partial charge is 0.481 e. The minimum absolute atomic E-state index is 0.0293. The molecule has 2 rings (SSSR count). The maximum Gasteiger partial charge on any atom is 0.307 e. The summed E-state index contributed by atoms with van der Waals surface area (Å²) in [7, 11) is -3.65. The first kappa shape index (κ1) is 15.4. The van der Waals surface area contributed by atoms with Crippen LogP contribution < -0.4 is 4.72 Å². The molecule has 0 aliphatic carbocycles. The Labute approximate surface area is 121 Å². The van der Waals surface area contributed by atoms with Crippen molar-refractivity contribution >= 4 is 27.5 Å². The second-order valence-corrected chi connectivity index (χ2v) is 7.80. The summed E-state index contributed by atoms with van der Waals surface area (Å²) in [6, 6.07) is 0. The second kappa shape index (κ2) is 6.17. The van der Waals surface area contributed by atoms with Gasteiger partial charge in [0.1, 0.15) is 5.01 Å². The first-order valence-electron chi connectivity index (χ1n) is 6.27. The molecule has 1 aliphatic rings. The van der Waals surface area contributed by atoms with Gasteiger partial charge in [-0.15, -0.1) is 11.3 Å². The number of nitrogens with zero attached hydrogens (tertiary/aromatic N) is 2. The first-order chi connectivity index (χ1) is 9.38. The fraction of sp³-hybridized carbons (Fsp3) is 0.636. The predicted octanol–water partition coefficient (Wildman–Crippen LogP) is 0.583. The van der Waals surface area contributed by atoms with Gasteiger partial charge >= 0.3 is 5.97 Å². The van der Waals surface area contributed by atoms with E-state index >= 15 is 0 Å². The van der Waals surface area contributed by atoms with Crippen molar-refractivity contribution in [3.05, 3.63) is 16.1 Å². The predicted molar refractivity (Wildman–Crippen MR) is 74.5 cm³/mol. The van der Waals surface area contributed by atoms with Gasteiger partial charge < -0.3 is 5.11 Å². The average Bonchev–Trinajstić information content (AvgIpc) is 2.82. The molecule has 112 valence electrons. The smallest absolute Gasteiger partial charge is 0.307 e. The monoisotopic (exact) mass is 319 g/mol. The molecule has 0 aromatic carbocycles. The summed E-state index contributed by atoms with van der Waals surface area (Å²) < 4.78 is 27.9. The van der Waals surface area contributed by atoms with Gasteiger partial charge in [0.05, 0.1) is 12.5 Å². The van der Waals surface area contributed by atoms with Crippen LogP contribution in [0.3, 0.4) is 0 Å². The lowest BCUT2D eigenvalue weighted by molar-refractivity contribution is -0.142. The zero-order valence-corrected chi connectivity index (χ0v) is 12.7. The van der Waals surface area contributed by atoms with Crippen molar-refractivity contribution in [3.8, 4) is 0 Å². The normalized spacial score (nSPS) is 20.9. The molecule has 1 aromatic rings. The molecule has 1 unspecified atom stereocenters. The van der Waals surface area contributed by atoms with Crippen molar-refractivity contribution < 1.29 is 18.3 Å². The van der Waals surface area contributed by atoms with Crippen LogP contribution in [-0.4, -0.2) is 41.9 Å². The number of hydrogen-bond donors (Lipinski definition) is 2. The molecule has 1 fully saturated rings. The van der Waals surface area contributed by atoms with Crippen LogP contribution in [0.1, 0.15) is 22.7 Å². The van der Waals surface area contributed by atoms with E-state index < -0.39 is 22.1 Å². The minimum Gasteiger partial charge on any atom is -0.481 e. The number of carboxylic acids is 1. The topological polar surface area (TPSA) is 99.6 Å². The summed E-state index contributed by atoms with van der Waals surface area (Å²) in [5, 5.41) is 9.67. The molecule has 2 N–H and O–H groups in total. The molecule has 1 atom stereocenters. The minimum atomic E-state index is -3.65. The van der Waals surface area contributed by atoms with E-state index in [9.17, 15) is 13.2 Å². The van der Waals surface area contributed by atoms with Gasteiger partial charge in [-0.05, 0) is 19.8 Å². The summed E-state index contributed by atoms with van der Waals surface area (Å²) in [6.07, 6.45) is 2.77. The van der Waals surface area contributed by atoms with Crippen LogP contribution >= 0.6 is 11.3 Å². The highest BCUT2D eigenvalue weighted by Crippen LogP contribution is 2.19. The van der Waals surface area contributed by atoms with Gasteiger partial charge in [-0.2, -0.15) is 17.4 Å². The molecule has 20 heavy (non-hydrogen) atoms. The lowest BCUT2D eigenvalue weighted by atomic mass is 10.0. The van der Waals surface area contributed by atoms with Gasteiger partial charge in [-0.3, -0.25) is 4.79 Å². The summed E-state index contributed by atoms with van der Waals surface area (Å²) in [5.41, 5.74) is 0. The molecule has 1 aliphatic heterocycles. The van der Waals surface area contributed by atoms with Crippen LogP contribution in [0.5, 0.6) is 0 Å². The van der Waals surface area contributed by atoms with Crippen molar-refractivity contribution in [1.29, 1.82) is 0 Å². The van der Waals surface area contributed by atoms with Crippen molar-refractivity contribution in [3.63, 3.8) is 0 Å². The van der Waals surface area contributed by atoms with Gasteiger partial charge in [0.2, 0.25) is 0 Å². The maximum atomic E-state index is 12.1. The zero-order valence-electron chi connectivity index (χ0n) is 11.1. The molecule has 9 heteroatoms. The molecule has 0 saturated carbocycles. The Hall–Kier alpha value is -1.03. The van der Waals surface area contributed by atoms with Crippen LogP contribution in [0.4, 0.5) is 0 Å². The van der Waals surface area contributed by atoms with E-state index in [0.29, 0.717) is 24.4 Å². The summed E-state index contributed by atoms with van der Waals surface area (Å²) >= 11 is 1.43. The SMILES string of the molecule is Cc1cnc(CNS(=O)(=O)N2CCCC(C(=O)O)C2)s1. The van der Waals surface area contributed by atoms with Crippen LogP contribution in [0, 0.1) is 12.8 Å². The number of piperidine rings is 1. The van der Waals surface area contributed by atoms with Crippen LogP contribution in [0.25, 0.3) is 0 Å². The molecule has 0 bridgehead atoms. The summed E-state index contributed by atoms with van der Waals surface area (Å²) in [5.74, 6) is -1.57. The highest BCUT2D eigenvalue weighted by Gasteiger charge is 2.32. The molecule has 2 heterocycles. The van der Waals surface area contributed by atoms with Gasteiger partial charge in [0.15, 0.2) is 0 Å².